The average Bonchev–Trinajstić information content (AvgIpc) is 3.08. The van der Waals surface area contributed by atoms with Crippen LogP contribution in [0.15, 0.2) is 24.3 Å². The van der Waals surface area contributed by atoms with Crippen LogP contribution in [0.1, 0.15) is 82.6 Å². The third kappa shape index (κ3) is 6.44. The molecule has 0 aliphatic heterocycles. The summed E-state index contributed by atoms with van der Waals surface area (Å²) in [5, 5.41) is 0.940. The second kappa shape index (κ2) is 10.8. The van der Waals surface area contributed by atoms with E-state index in [9.17, 15) is 0 Å². The van der Waals surface area contributed by atoms with E-state index in [-0.39, 0.29) is 0 Å². The Morgan fingerprint density at radius 2 is 1.78 bits per heavy atom. The van der Waals surface area contributed by atoms with Crippen LogP contribution in [0.5, 0.6) is 0 Å². The Labute approximate surface area is 154 Å². The van der Waals surface area contributed by atoms with Gasteiger partial charge in [0, 0.05) is 5.02 Å². The molecule has 1 aromatic rings. The standard InChI is InChI=1S/C20H32Cl2Si/c1-2-3-4-5-6-11-17(19-14-9-10-15-20(19)21)16-23(22)18-12-7-8-13-18/h9-10,14-15,17-18,23H,2-8,11-13,16H2,1H3. The Morgan fingerprint density at radius 1 is 1.09 bits per heavy atom. The van der Waals surface area contributed by atoms with E-state index in [4.69, 9.17) is 22.7 Å². The molecule has 130 valence electrons. The molecule has 2 unspecified atom stereocenters. The van der Waals surface area contributed by atoms with E-state index >= 15 is 0 Å². The van der Waals surface area contributed by atoms with E-state index in [1.165, 1.54) is 75.8 Å². The summed E-state index contributed by atoms with van der Waals surface area (Å²) in [6.45, 7) is 2.28. The zero-order chi connectivity index (χ0) is 16.5. The second-order valence-electron chi connectivity index (χ2n) is 7.22. The zero-order valence-corrected chi connectivity index (χ0v) is 17.2. The monoisotopic (exact) mass is 370 g/mol. The molecule has 1 fully saturated rings. The lowest BCUT2D eigenvalue weighted by Crippen LogP contribution is -2.16. The van der Waals surface area contributed by atoms with Gasteiger partial charge in [-0.05, 0) is 35.6 Å². The molecule has 1 aromatic carbocycles. The molecule has 0 nitrogen and oxygen atoms in total. The predicted molar refractivity (Wildman–Crippen MR) is 108 cm³/mol. The molecule has 1 aliphatic rings. The van der Waals surface area contributed by atoms with Crippen molar-refractivity contribution < 1.29 is 0 Å². The first kappa shape index (κ1) is 19.3. The van der Waals surface area contributed by atoms with Crippen LogP contribution in [0.2, 0.25) is 16.6 Å². The molecule has 0 aromatic heterocycles. The normalized spacial score (nSPS) is 18.2. The van der Waals surface area contributed by atoms with E-state index in [0.29, 0.717) is 5.92 Å². The van der Waals surface area contributed by atoms with Crippen LogP contribution in [0.4, 0.5) is 0 Å². The molecule has 2 atom stereocenters. The fourth-order valence-corrected chi connectivity index (χ4v) is 8.29. The highest BCUT2D eigenvalue weighted by molar-refractivity contribution is 7.07. The minimum Gasteiger partial charge on any atom is -0.171 e. The van der Waals surface area contributed by atoms with Crippen molar-refractivity contribution in [3.05, 3.63) is 34.9 Å². The molecule has 0 N–H and O–H groups in total. The Kier molecular flexibility index (Phi) is 9.08. The molecule has 0 radical (unpaired) electrons. The van der Waals surface area contributed by atoms with Crippen molar-refractivity contribution in [1.82, 2.24) is 0 Å². The minimum atomic E-state index is -1.15. The largest absolute Gasteiger partial charge is 0.171 e. The summed E-state index contributed by atoms with van der Waals surface area (Å²) in [6, 6.07) is 9.67. The van der Waals surface area contributed by atoms with Crippen LogP contribution < -0.4 is 0 Å². The van der Waals surface area contributed by atoms with Gasteiger partial charge in [0.05, 0.1) is 0 Å². The number of rotatable bonds is 10. The van der Waals surface area contributed by atoms with Crippen LogP contribution in [0.3, 0.4) is 0 Å². The van der Waals surface area contributed by atoms with Crippen LogP contribution in [0.25, 0.3) is 0 Å². The second-order valence-corrected chi connectivity index (χ2v) is 11.8. The maximum absolute atomic E-state index is 6.94. The third-order valence-electron chi connectivity index (χ3n) is 5.42. The molecule has 0 heterocycles. The van der Waals surface area contributed by atoms with Crippen molar-refractivity contribution in [2.24, 2.45) is 0 Å². The number of hydrogen-bond donors (Lipinski definition) is 0. The van der Waals surface area contributed by atoms with Crippen molar-refractivity contribution in [2.45, 2.75) is 88.6 Å². The quantitative estimate of drug-likeness (QED) is 0.225. The first-order valence-electron chi connectivity index (χ1n) is 9.60. The van der Waals surface area contributed by atoms with E-state index in [0.717, 1.165) is 10.6 Å². The molecule has 0 saturated heterocycles. The van der Waals surface area contributed by atoms with Gasteiger partial charge in [-0.1, -0.05) is 94.5 Å². The highest BCUT2D eigenvalue weighted by Crippen LogP contribution is 2.41. The summed E-state index contributed by atoms with van der Waals surface area (Å²) < 4.78 is 0. The molecule has 1 saturated carbocycles. The highest BCUT2D eigenvalue weighted by atomic mass is 35.6. The van der Waals surface area contributed by atoms with Crippen LogP contribution in [0, 0.1) is 0 Å². The number of halogens is 2. The van der Waals surface area contributed by atoms with Gasteiger partial charge in [0.2, 0.25) is 0 Å². The lowest BCUT2D eigenvalue weighted by molar-refractivity contribution is 0.564. The molecule has 2 rings (SSSR count). The third-order valence-corrected chi connectivity index (χ3v) is 10.1. The van der Waals surface area contributed by atoms with E-state index in [2.05, 4.69) is 19.1 Å². The van der Waals surface area contributed by atoms with Gasteiger partial charge >= 0.3 is 0 Å². The van der Waals surface area contributed by atoms with Gasteiger partial charge in [-0.15, -0.1) is 0 Å². The molecular weight excluding hydrogens is 339 g/mol. The topological polar surface area (TPSA) is 0 Å². The van der Waals surface area contributed by atoms with Crippen molar-refractivity contribution >= 4 is 30.8 Å². The van der Waals surface area contributed by atoms with Gasteiger partial charge in [0.1, 0.15) is 8.11 Å². The van der Waals surface area contributed by atoms with Crippen molar-refractivity contribution in [2.75, 3.05) is 0 Å². The van der Waals surface area contributed by atoms with Gasteiger partial charge in [-0.25, -0.2) is 0 Å². The summed E-state index contributed by atoms with van der Waals surface area (Å²) in [5.74, 6) is 0.583. The summed E-state index contributed by atoms with van der Waals surface area (Å²) >= 11 is 13.4. The van der Waals surface area contributed by atoms with Crippen molar-refractivity contribution in [1.29, 1.82) is 0 Å². The summed E-state index contributed by atoms with van der Waals surface area (Å²) in [6.07, 6.45) is 13.5. The van der Waals surface area contributed by atoms with Gasteiger partial charge in [-0.3, -0.25) is 0 Å². The van der Waals surface area contributed by atoms with E-state index in [1.807, 2.05) is 12.1 Å². The van der Waals surface area contributed by atoms with Crippen LogP contribution in [-0.4, -0.2) is 8.11 Å². The van der Waals surface area contributed by atoms with Gasteiger partial charge in [0.15, 0.2) is 0 Å². The Balaban J connectivity index is 1.94. The first-order chi connectivity index (χ1) is 11.2. The average molecular weight is 371 g/mol. The predicted octanol–water partition coefficient (Wildman–Crippen LogP) is 7.69. The molecule has 0 amide bonds. The smallest absolute Gasteiger partial charge is 0.144 e. The SMILES string of the molecule is CCCCCCCC(C[SiH](Cl)C1CCCC1)c1ccccc1Cl. The minimum absolute atomic E-state index is 0.583. The Morgan fingerprint density at radius 3 is 2.48 bits per heavy atom. The molecule has 0 spiro atoms. The molecular formula is C20H32Cl2Si. The Hall–Kier alpha value is 0.0169. The van der Waals surface area contributed by atoms with Crippen molar-refractivity contribution in [3.63, 3.8) is 0 Å². The number of hydrogen-bond acceptors (Lipinski definition) is 0. The summed E-state index contributed by atoms with van der Waals surface area (Å²) in [7, 11) is -1.15. The fourth-order valence-electron chi connectivity index (χ4n) is 3.98. The Bertz CT molecular complexity index is 443. The summed E-state index contributed by atoms with van der Waals surface area (Å²) in [4.78, 5) is 0. The molecule has 1 aliphatic carbocycles. The van der Waals surface area contributed by atoms with Crippen molar-refractivity contribution in [3.8, 4) is 0 Å². The van der Waals surface area contributed by atoms with E-state index < -0.39 is 8.11 Å². The first-order valence-corrected chi connectivity index (χ1v) is 13.2. The van der Waals surface area contributed by atoms with Gasteiger partial charge in [0.25, 0.3) is 0 Å². The van der Waals surface area contributed by atoms with Crippen LogP contribution in [-0.2, 0) is 0 Å². The maximum Gasteiger partial charge on any atom is 0.144 e. The molecule has 23 heavy (non-hydrogen) atoms. The van der Waals surface area contributed by atoms with E-state index in [1.54, 1.807) is 0 Å². The lowest BCUT2D eigenvalue weighted by atomic mass is 9.94. The lowest BCUT2D eigenvalue weighted by Gasteiger charge is -2.23. The summed E-state index contributed by atoms with van der Waals surface area (Å²) in [5.41, 5.74) is 2.21. The zero-order valence-electron chi connectivity index (χ0n) is 14.6. The van der Waals surface area contributed by atoms with Gasteiger partial charge in [-0.2, -0.15) is 11.1 Å². The highest BCUT2D eigenvalue weighted by Gasteiger charge is 2.28. The fraction of sp³-hybridized carbons (Fsp3) is 0.700. The number of benzene rings is 1. The molecule has 0 bridgehead atoms. The molecule has 3 heteroatoms. The number of unbranched alkanes of at least 4 members (excludes halogenated alkanes) is 4. The van der Waals surface area contributed by atoms with Gasteiger partial charge < -0.3 is 0 Å². The van der Waals surface area contributed by atoms with Crippen LogP contribution >= 0.6 is 22.7 Å². The maximum atomic E-state index is 6.94.